The number of aromatic nitrogens is 2. The van der Waals surface area contributed by atoms with Crippen molar-refractivity contribution in [2.24, 2.45) is 0 Å². The van der Waals surface area contributed by atoms with Crippen molar-refractivity contribution >= 4 is 11.0 Å². The van der Waals surface area contributed by atoms with Crippen LogP contribution in [0.25, 0.3) is 22.4 Å². The molecule has 3 heteroatoms. The minimum Gasteiger partial charge on any atom is -0.508 e. The van der Waals surface area contributed by atoms with E-state index >= 15 is 0 Å². The maximum Gasteiger partial charge on any atom is 0.138 e. The molecule has 18 heavy (non-hydrogen) atoms. The number of phenols is 1. The van der Waals surface area contributed by atoms with Crippen molar-refractivity contribution in [1.82, 2.24) is 9.97 Å². The summed E-state index contributed by atoms with van der Waals surface area (Å²) in [5, 5.41) is 9.28. The van der Waals surface area contributed by atoms with E-state index in [0.29, 0.717) is 0 Å². The fourth-order valence-electron chi connectivity index (χ4n) is 2.03. The second-order valence-electron chi connectivity index (χ2n) is 4.34. The molecule has 2 aromatic carbocycles. The van der Waals surface area contributed by atoms with Gasteiger partial charge in [0, 0.05) is 5.56 Å². The number of phenolic OH excluding ortho intramolecular Hbond substituents is 1. The first-order valence-electron chi connectivity index (χ1n) is 6.04. The van der Waals surface area contributed by atoms with Gasteiger partial charge in [0.1, 0.15) is 11.6 Å². The molecule has 0 fully saturated rings. The van der Waals surface area contributed by atoms with Gasteiger partial charge in [-0.05, 0) is 48.4 Å². The summed E-state index contributed by atoms with van der Waals surface area (Å²) in [6, 6.07) is 13.3. The van der Waals surface area contributed by atoms with Crippen LogP contribution in [0.4, 0.5) is 0 Å². The number of hydrogen-bond donors (Lipinski definition) is 2. The highest BCUT2D eigenvalue weighted by molar-refractivity contribution is 5.80. The Balaban J connectivity index is 2.10. The number of benzene rings is 2. The Hall–Kier alpha value is -2.29. The molecular formula is C15H14N2O. The lowest BCUT2D eigenvalue weighted by Gasteiger charge is -1.96. The number of nitrogens with one attached hydrogen (secondary N) is 1. The third kappa shape index (κ3) is 1.84. The monoisotopic (exact) mass is 238 g/mol. The Morgan fingerprint density at radius 2 is 1.89 bits per heavy atom. The molecule has 0 aliphatic heterocycles. The highest BCUT2D eigenvalue weighted by atomic mass is 16.3. The van der Waals surface area contributed by atoms with Gasteiger partial charge in [-0.3, -0.25) is 0 Å². The number of aromatic amines is 1. The highest BCUT2D eigenvalue weighted by Gasteiger charge is 2.05. The van der Waals surface area contributed by atoms with E-state index in [2.05, 4.69) is 29.0 Å². The molecule has 3 nitrogen and oxygen atoms in total. The molecule has 0 radical (unpaired) electrons. The molecule has 0 atom stereocenters. The Morgan fingerprint density at radius 3 is 2.61 bits per heavy atom. The zero-order valence-corrected chi connectivity index (χ0v) is 10.1. The fourth-order valence-corrected chi connectivity index (χ4v) is 2.03. The quantitative estimate of drug-likeness (QED) is 0.717. The van der Waals surface area contributed by atoms with Crippen molar-refractivity contribution in [3.63, 3.8) is 0 Å². The van der Waals surface area contributed by atoms with Crippen LogP contribution >= 0.6 is 0 Å². The average Bonchev–Trinajstić information content (AvgIpc) is 2.82. The van der Waals surface area contributed by atoms with Crippen LogP contribution in [0.5, 0.6) is 5.75 Å². The van der Waals surface area contributed by atoms with E-state index in [1.165, 1.54) is 5.56 Å². The fraction of sp³-hybridized carbons (Fsp3) is 0.133. The summed E-state index contributed by atoms with van der Waals surface area (Å²) >= 11 is 0. The Kier molecular flexibility index (Phi) is 2.52. The zero-order chi connectivity index (χ0) is 12.5. The molecule has 0 aliphatic rings. The third-order valence-electron chi connectivity index (χ3n) is 3.10. The second kappa shape index (κ2) is 4.18. The molecule has 0 saturated carbocycles. The van der Waals surface area contributed by atoms with E-state index in [1.54, 1.807) is 12.1 Å². The number of aryl methyl sites for hydroxylation is 1. The molecule has 1 heterocycles. The van der Waals surface area contributed by atoms with Gasteiger partial charge in [0.2, 0.25) is 0 Å². The molecule has 0 spiro atoms. The summed E-state index contributed by atoms with van der Waals surface area (Å²) in [5.41, 5.74) is 4.29. The number of fused-ring (bicyclic) bond motifs is 1. The lowest BCUT2D eigenvalue weighted by Crippen LogP contribution is -1.79. The molecule has 90 valence electrons. The number of imidazole rings is 1. The van der Waals surface area contributed by atoms with Crippen molar-refractivity contribution in [2.45, 2.75) is 13.3 Å². The summed E-state index contributed by atoms with van der Waals surface area (Å²) in [6.45, 7) is 2.14. The van der Waals surface area contributed by atoms with Gasteiger partial charge in [0.15, 0.2) is 0 Å². The van der Waals surface area contributed by atoms with E-state index in [9.17, 15) is 5.11 Å². The molecule has 3 rings (SSSR count). The first-order chi connectivity index (χ1) is 8.76. The van der Waals surface area contributed by atoms with E-state index in [1.807, 2.05) is 18.2 Å². The summed E-state index contributed by atoms with van der Waals surface area (Å²) in [6.07, 6.45) is 1.02. The van der Waals surface area contributed by atoms with Gasteiger partial charge in [-0.15, -0.1) is 0 Å². The molecule has 0 aliphatic carbocycles. The molecular weight excluding hydrogens is 224 g/mol. The first kappa shape index (κ1) is 10.8. The zero-order valence-electron chi connectivity index (χ0n) is 10.1. The normalized spacial score (nSPS) is 10.9. The van der Waals surface area contributed by atoms with Crippen molar-refractivity contribution < 1.29 is 5.11 Å². The van der Waals surface area contributed by atoms with Crippen molar-refractivity contribution in [3.05, 3.63) is 48.0 Å². The van der Waals surface area contributed by atoms with Gasteiger partial charge in [-0.25, -0.2) is 4.98 Å². The number of rotatable bonds is 2. The lowest BCUT2D eigenvalue weighted by atomic mass is 10.1. The van der Waals surface area contributed by atoms with Crippen LogP contribution in [0.3, 0.4) is 0 Å². The molecule has 1 aromatic heterocycles. The summed E-state index contributed by atoms with van der Waals surface area (Å²) in [7, 11) is 0. The van der Waals surface area contributed by atoms with Crippen molar-refractivity contribution in [3.8, 4) is 17.1 Å². The van der Waals surface area contributed by atoms with Crippen LogP contribution in [0.15, 0.2) is 42.5 Å². The van der Waals surface area contributed by atoms with E-state index in [-0.39, 0.29) is 5.75 Å². The minimum atomic E-state index is 0.267. The van der Waals surface area contributed by atoms with E-state index < -0.39 is 0 Å². The summed E-state index contributed by atoms with van der Waals surface area (Å²) in [5.74, 6) is 1.10. The Morgan fingerprint density at radius 1 is 1.11 bits per heavy atom. The number of H-pyrrole nitrogens is 1. The van der Waals surface area contributed by atoms with Crippen LogP contribution in [-0.4, -0.2) is 15.1 Å². The summed E-state index contributed by atoms with van der Waals surface area (Å²) < 4.78 is 0. The molecule has 0 amide bonds. The molecule has 3 aromatic rings. The summed E-state index contributed by atoms with van der Waals surface area (Å²) in [4.78, 5) is 7.86. The standard InChI is InChI=1S/C15H14N2O/c1-2-10-3-8-13-14(9-10)17-15(16-13)11-4-6-12(18)7-5-11/h3-9,18H,2H2,1H3,(H,16,17). The van der Waals surface area contributed by atoms with Crippen LogP contribution in [-0.2, 0) is 6.42 Å². The van der Waals surface area contributed by atoms with E-state index in [4.69, 9.17) is 0 Å². The van der Waals surface area contributed by atoms with Gasteiger partial charge < -0.3 is 10.1 Å². The minimum absolute atomic E-state index is 0.267. The predicted octanol–water partition coefficient (Wildman–Crippen LogP) is 3.50. The number of aromatic hydroxyl groups is 1. The topological polar surface area (TPSA) is 48.9 Å². The lowest BCUT2D eigenvalue weighted by molar-refractivity contribution is 0.475. The molecule has 0 bridgehead atoms. The van der Waals surface area contributed by atoms with Gasteiger partial charge in [0.25, 0.3) is 0 Å². The molecule has 2 N–H and O–H groups in total. The number of nitrogens with zero attached hydrogens (tertiary/aromatic N) is 1. The van der Waals surface area contributed by atoms with Crippen molar-refractivity contribution in [1.29, 1.82) is 0 Å². The third-order valence-corrected chi connectivity index (χ3v) is 3.10. The predicted molar refractivity (Wildman–Crippen MR) is 72.6 cm³/mol. The van der Waals surface area contributed by atoms with Gasteiger partial charge in [0.05, 0.1) is 11.0 Å². The van der Waals surface area contributed by atoms with Crippen LogP contribution in [0, 0.1) is 0 Å². The van der Waals surface area contributed by atoms with Crippen LogP contribution in [0.2, 0.25) is 0 Å². The van der Waals surface area contributed by atoms with Crippen molar-refractivity contribution in [2.75, 3.05) is 0 Å². The van der Waals surface area contributed by atoms with Gasteiger partial charge in [-0.1, -0.05) is 13.0 Å². The van der Waals surface area contributed by atoms with Crippen LogP contribution in [0.1, 0.15) is 12.5 Å². The maximum absolute atomic E-state index is 9.28. The van der Waals surface area contributed by atoms with Crippen LogP contribution < -0.4 is 0 Å². The van der Waals surface area contributed by atoms with Gasteiger partial charge >= 0.3 is 0 Å². The largest absolute Gasteiger partial charge is 0.508 e. The Labute approximate surface area is 105 Å². The van der Waals surface area contributed by atoms with E-state index in [0.717, 1.165) is 28.8 Å². The first-order valence-corrected chi connectivity index (χ1v) is 6.04. The average molecular weight is 238 g/mol. The smallest absolute Gasteiger partial charge is 0.138 e. The SMILES string of the molecule is CCc1ccc2nc(-c3ccc(O)cc3)[nH]c2c1. The number of hydrogen-bond acceptors (Lipinski definition) is 2. The molecule has 0 unspecified atom stereocenters. The second-order valence-corrected chi connectivity index (χ2v) is 4.34. The van der Waals surface area contributed by atoms with Gasteiger partial charge in [-0.2, -0.15) is 0 Å². The Bertz CT molecular complexity index is 683. The maximum atomic E-state index is 9.28. The highest BCUT2D eigenvalue weighted by Crippen LogP contribution is 2.23. The molecule has 0 saturated heterocycles.